The van der Waals surface area contributed by atoms with E-state index in [-0.39, 0.29) is 0 Å². The summed E-state index contributed by atoms with van der Waals surface area (Å²) in [5, 5.41) is 17.4. The van der Waals surface area contributed by atoms with Crippen LogP contribution >= 0.6 is 23.1 Å². The van der Waals surface area contributed by atoms with Gasteiger partial charge in [0.15, 0.2) is 5.82 Å². The molecule has 0 saturated heterocycles. The molecule has 0 amide bonds. The molecule has 0 atom stereocenters. The summed E-state index contributed by atoms with van der Waals surface area (Å²) in [6.07, 6.45) is 4.81. The van der Waals surface area contributed by atoms with E-state index in [0.717, 1.165) is 23.3 Å². The van der Waals surface area contributed by atoms with E-state index in [1.54, 1.807) is 18.4 Å². The predicted molar refractivity (Wildman–Crippen MR) is 116 cm³/mol. The molecule has 2 N–H and O–H groups in total. The lowest BCUT2D eigenvalue weighted by Gasteiger charge is -2.08. The van der Waals surface area contributed by atoms with Crippen molar-refractivity contribution in [3.8, 4) is 27.9 Å². The highest BCUT2D eigenvalue weighted by Crippen LogP contribution is 2.36. The summed E-state index contributed by atoms with van der Waals surface area (Å²) in [5.74, 6) is 9.01. The number of hydrogen-bond acceptors (Lipinski definition) is 9. The number of aryl methyl sites for hydroxylation is 2. The maximum absolute atomic E-state index is 6.23. The van der Waals surface area contributed by atoms with Crippen molar-refractivity contribution < 1.29 is 9.15 Å². The first-order valence-electron chi connectivity index (χ1n) is 9.64. The minimum Gasteiger partial charge on any atom is -0.496 e. The highest BCUT2D eigenvalue weighted by atomic mass is 32.2. The maximum Gasteiger partial charge on any atom is 0.257 e. The monoisotopic (exact) mass is 440 g/mol. The number of fused-ring (bicyclic) bond motifs is 1. The first kappa shape index (κ1) is 19.1. The predicted octanol–water partition coefficient (Wildman–Crippen LogP) is 3.95. The molecule has 1 aliphatic carbocycles. The van der Waals surface area contributed by atoms with Gasteiger partial charge in [0.05, 0.1) is 23.3 Å². The van der Waals surface area contributed by atoms with Crippen LogP contribution in [0.4, 0.5) is 0 Å². The van der Waals surface area contributed by atoms with Gasteiger partial charge in [-0.05, 0) is 49.4 Å². The zero-order chi connectivity index (χ0) is 20.5. The molecule has 0 aliphatic heterocycles. The van der Waals surface area contributed by atoms with Gasteiger partial charge in [0, 0.05) is 4.88 Å². The molecule has 3 aromatic heterocycles. The van der Waals surface area contributed by atoms with Crippen LogP contribution in [-0.2, 0) is 18.6 Å². The van der Waals surface area contributed by atoms with E-state index in [1.807, 2.05) is 24.3 Å². The lowest BCUT2D eigenvalue weighted by molar-refractivity contribution is 0.416. The molecular formula is C20H20N6O2S2. The van der Waals surface area contributed by atoms with Gasteiger partial charge in [0.2, 0.25) is 11.0 Å². The van der Waals surface area contributed by atoms with Crippen molar-refractivity contribution in [3.63, 3.8) is 0 Å². The highest BCUT2D eigenvalue weighted by molar-refractivity contribution is 7.98. The van der Waals surface area contributed by atoms with Gasteiger partial charge in [0.1, 0.15) is 5.75 Å². The summed E-state index contributed by atoms with van der Waals surface area (Å²) in [6, 6.07) is 9.75. The fourth-order valence-corrected chi connectivity index (χ4v) is 5.39. The summed E-state index contributed by atoms with van der Waals surface area (Å²) >= 11 is 3.16. The number of para-hydroxylation sites is 1. The van der Waals surface area contributed by atoms with E-state index in [1.165, 1.54) is 39.7 Å². The lowest BCUT2D eigenvalue weighted by atomic mass is 9.99. The molecule has 0 radical (unpaired) electrons. The first-order chi connectivity index (χ1) is 14.7. The average Bonchev–Trinajstić information content (AvgIpc) is 3.50. The third-order valence-corrected chi connectivity index (χ3v) is 7.16. The smallest absolute Gasteiger partial charge is 0.257 e. The Hall–Kier alpha value is -2.85. The van der Waals surface area contributed by atoms with E-state index < -0.39 is 0 Å². The molecular weight excluding hydrogens is 420 g/mol. The van der Waals surface area contributed by atoms with Gasteiger partial charge in [-0.1, -0.05) is 23.9 Å². The van der Waals surface area contributed by atoms with Crippen molar-refractivity contribution in [2.75, 3.05) is 13.0 Å². The van der Waals surface area contributed by atoms with Crippen LogP contribution in [-0.4, -0.2) is 32.2 Å². The third-order valence-electron chi connectivity index (χ3n) is 5.01. The second-order valence-electron chi connectivity index (χ2n) is 6.93. The maximum atomic E-state index is 6.23. The van der Waals surface area contributed by atoms with E-state index in [2.05, 4.69) is 26.5 Å². The molecule has 1 aliphatic rings. The van der Waals surface area contributed by atoms with Crippen LogP contribution in [0.25, 0.3) is 22.2 Å². The van der Waals surface area contributed by atoms with Crippen LogP contribution in [0.2, 0.25) is 0 Å². The number of aromatic nitrogens is 5. The number of methoxy groups -OCH3 is 1. The first-order valence-corrected chi connectivity index (χ1v) is 11.4. The number of ether oxygens (including phenoxy) is 1. The molecule has 0 bridgehead atoms. The zero-order valence-corrected chi connectivity index (χ0v) is 18.0. The van der Waals surface area contributed by atoms with Crippen molar-refractivity contribution >= 4 is 23.1 Å². The number of nitrogens with zero attached hydrogens (tertiary/aromatic N) is 5. The summed E-state index contributed by atoms with van der Waals surface area (Å²) in [6.45, 7) is 0. The Morgan fingerprint density at radius 2 is 2.03 bits per heavy atom. The van der Waals surface area contributed by atoms with Crippen molar-refractivity contribution in [1.29, 1.82) is 0 Å². The fourth-order valence-electron chi connectivity index (χ4n) is 3.52. The lowest BCUT2D eigenvalue weighted by Crippen LogP contribution is -2.12. The number of benzene rings is 1. The van der Waals surface area contributed by atoms with Crippen LogP contribution in [0.15, 0.2) is 39.9 Å². The van der Waals surface area contributed by atoms with E-state index in [0.29, 0.717) is 34.3 Å². The van der Waals surface area contributed by atoms with Crippen molar-refractivity contribution in [2.45, 2.75) is 36.6 Å². The molecule has 0 fully saturated rings. The van der Waals surface area contributed by atoms with Crippen molar-refractivity contribution in [3.05, 3.63) is 46.7 Å². The summed E-state index contributed by atoms with van der Waals surface area (Å²) in [4.78, 5) is 2.50. The largest absolute Gasteiger partial charge is 0.496 e. The normalized spacial score (nSPS) is 13.4. The van der Waals surface area contributed by atoms with Crippen LogP contribution in [0.5, 0.6) is 5.75 Å². The SMILES string of the molecule is COc1ccccc1-c1nnc(SCc2nnc(-c3cc4c(s3)CCCC4)o2)n1N. The van der Waals surface area contributed by atoms with E-state index >= 15 is 0 Å². The van der Waals surface area contributed by atoms with Crippen LogP contribution < -0.4 is 10.6 Å². The summed E-state index contributed by atoms with van der Waals surface area (Å²) < 4.78 is 12.7. The Morgan fingerprint density at radius 1 is 1.17 bits per heavy atom. The Bertz CT molecular complexity index is 1160. The van der Waals surface area contributed by atoms with Gasteiger partial charge in [-0.3, -0.25) is 0 Å². The number of nitrogen functional groups attached to an aromatic ring is 1. The minimum absolute atomic E-state index is 0.458. The minimum atomic E-state index is 0.458. The molecule has 10 heteroatoms. The standard InChI is InChI=1S/C20H20N6O2S2/c1-27-14-8-4-3-7-13(14)18-23-25-20(26(18)21)29-11-17-22-24-19(28-17)16-10-12-6-2-5-9-15(12)30-16/h3-4,7-8,10H,2,5-6,9,11,21H2,1H3. The van der Waals surface area contributed by atoms with Crippen LogP contribution in [0.3, 0.4) is 0 Å². The molecule has 4 aromatic rings. The molecule has 0 spiro atoms. The molecule has 0 saturated carbocycles. The van der Waals surface area contributed by atoms with Gasteiger partial charge in [-0.2, -0.15) is 0 Å². The number of rotatable bonds is 6. The molecule has 5 rings (SSSR count). The third kappa shape index (κ3) is 3.56. The number of hydrogen-bond donors (Lipinski definition) is 1. The van der Waals surface area contributed by atoms with Crippen molar-refractivity contribution in [1.82, 2.24) is 25.1 Å². The molecule has 8 nitrogen and oxygen atoms in total. The average molecular weight is 441 g/mol. The van der Waals surface area contributed by atoms with Gasteiger partial charge in [-0.15, -0.1) is 31.7 Å². The topological polar surface area (TPSA) is 105 Å². The van der Waals surface area contributed by atoms with Gasteiger partial charge in [0.25, 0.3) is 5.89 Å². The summed E-state index contributed by atoms with van der Waals surface area (Å²) in [5.41, 5.74) is 2.21. The second kappa shape index (κ2) is 8.11. The number of thioether (sulfide) groups is 1. The zero-order valence-electron chi connectivity index (χ0n) is 16.4. The van der Waals surface area contributed by atoms with Crippen molar-refractivity contribution in [2.24, 2.45) is 0 Å². The van der Waals surface area contributed by atoms with E-state index in [9.17, 15) is 0 Å². The number of nitrogens with two attached hydrogens (primary N) is 1. The Balaban J connectivity index is 1.31. The highest BCUT2D eigenvalue weighted by Gasteiger charge is 2.19. The molecule has 30 heavy (non-hydrogen) atoms. The Morgan fingerprint density at radius 3 is 2.90 bits per heavy atom. The van der Waals surface area contributed by atoms with Gasteiger partial charge >= 0.3 is 0 Å². The molecule has 3 heterocycles. The quantitative estimate of drug-likeness (QED) is 0.355. The van der Waals surface area contributed by atoms with Crippen LogP contribution in [0, 0.1) is 0 Å². The van der Waals surface area contributed by atoms with Gasteiger partial charge in [-0.25, -0.2) is 4.68 Å². The molecule has 154 valence electrons. The second-order valence-corrected chi connectivity index (χ2v) is 9.01. The molecule has 1 aromatic carbocycles. The van der Waals surface area contributed by atoms with Gasteiger partial charge < -0.3 is 15.0 Å². The molecule has 0 unspecified atom stereocenters. The Labute approximate surface area is 181 Å². The number of thiophene rings is 1. The Kier molecular flexibility index (Phi) is 5.17. The summed E-state index contributed by atoms with van der Waals surface area (Å²) in [7, 11) is 1.61. The van der Waals surface area contributed by atoms with Crippen LogP contribution in [0.1, 0.15) is 29.2 Å². The fraction of sp³-hybridized carbons (Fsp3) is 0.300. The van der Waals surface area contributed by atoms with E-state index in [4.69, 9.17) is 15.0 Å².